The second-order valence-corrected chi connectivity index (χ2v) is 8.59. The van der Waals surface area contributed by atoms with Crippen molar-refractivity contribution in [2.75, 3.05) is 0 Å². The summed E-state index contributed by atoms with van der Waals surface area (Å²) >= 11 is 3.25. The van der Waals surface area contributed by atoms with Crippen molar-refractivity contribution in [1.82, 2.24) is 9.97 Å². The predicted molar refractivity (Wildman–Crippen MR) is 134 cm³/mol. The number of pyridine rings is 2. The number of rotatable bonds is 7. The lowest BCUT2D eigenvalue weighted by Crippen LogP contribution is -2.02. The summed E-state index contributed by atoms with van der Waals surface area (Å²) < 4.78 is 26.4. The third kappa shape index (κ3) is 5.07. The second-order valence-electron chi connectivity index (χ2n) is 7.73. The summed E-state index contributed by atoms with van der Waals surface area (Å²) in [7, 11) is 0. The Kier molecular flexibility index (Phi) is 6.49. The quantitative estimate of drug-likeness (QED) is 0.227. The number of hydrogen-bond donors (Lipinski definition) is 0. The Morgan fingerprint density at radius 3 is 2.15 bits per heavy atom. The monoisotopic (exact) mass is 514 g/mol. The fourth-order valence-electron chi connectivity index (χ4n) is 3.56. The number of fused-ring (bicyclic) bond motifs is 1. The van der Waals surface area contributed by atoms with E-state index in [2.05, 4.69) is 25.9 Å². The van der Waals surface area contributed by atoms with E-state index in [0.29, 0.717) is 35.0 Å². The van der Waals surface area contributed by atoms with Crippen LogP contribution in [0.1, 0.15) is 11.1 Å². The van der Waals surface area contributed by atoms with Gasteiger partial charge in [-0.1, -0.05) is 60.7 Å². The Hall–Kier alpha value is -3.77. The minimum Gasteiger partial charge on any atom is -0.473 e. The van der Waals surface area contributed by atoms with Gasteiger partial charge in [-0.05, 0) is 45.3 Å². The molecule has 4 nitrogen and oxygen atoms in total. The molecule has 5 rings (SSSR count). The summed E-state index contributed by atoms with van der Waals surface area (Å²) in [6, 6.07) is 28.6. The molecule has 0 bridgehead atoms. The van der Waals surface area contributed by atoms with E-state index in [1.807, 2.05) is 78.9 Å². The molecule has 0 N–H and O–H groups in total. The van der Waals surface area contributed by atoms with Crippen molar-refractivity contribution in [2.45, 2.75) is 13.2 Å². The highest BCUT2D eigenvalue weighted by Crippen LogP contribution is 2.33. The first-order chi connectivity index (χ1) is 16.7. The van der Waals surface area contributed by atoms with Crippen molar-refractivity contribution in [3.8, 4) is 22.9 Å². The molecule has 0 saturated heterocycles. The molecule has 34 heavy (non-hydrogen) atoms. The summed E-state index contributed by atoms with van der Waals surface area (Å²) in [6.45, 7) is 0.767. The molecule has 0 aliphatic carbocycles. The minimum absolute atomic E-state index is 0.346. The zero-order valence-corrected chi connectivity index (χ0v) is 19.7. The number of benzene rings is 3. The fraction of sp³-hybridized carbons (Fsp3) is 0.0714. The van der Waals surface area contributed by atoms with Crippen LogP contribution in [0.15, 0.2) is 102 Å². The Morgan fingerprint density at radius 1 is 0.765 bits per heavy atom. The highest BCUT2D eigenvalue weighted by molar-refractivity contribution is 9.10. The highest BCUT2D eigenvalue weighted by Gasteiger charge is 2.13. The Bertz CT molecular complexity index is 1430. The van der Waals surface area contributed by atoms with Crippen LogP contribution in [0.4, 0.5) is 4.39 Å². The van der Waals surface area contributed by atoms with Crippen LogP contribution in [0.2, 0.25) is 0 Å². The van der Waals surface area contributed by atoms with Gasteiger partial charge in [-0.15, -0.1) is 0 Å². The van der Waals surface area contributed by atoms with Crippen molar-refractivity contribution >= 4 is 26.8 Å². The normalized spacial score (nSPS) is 10.9. The Balaban J connectivity index is 1.48. The maximum absolute atomic E-state index is 13.9. The number of aromatic nitrogens is 2. The number of ether oxygens (including phenoxy) is 2. The SMILES string of the molecule is Fc1cc2ncc(-c3ccc(OCc4ccccc4)nc3OCc3ccccc3)cc2cc1Br. The van der Waals surface area contributed by atoms with Crippen LogP contribution in [0.5, 0.6) is 11.8 Å². The van der Waals surface area contributed by atoms with E-state index in [-0.39, 0.29) is 5.82 Å². The molecule has 5 aromatic rings. The Morgan fingerprint density at radius 2 is 1.44 bits per heavy atom. The molecule has 0 unspecified atom stereocenters. The van der Waals surface area contributed by atoms with Gasteiger partial charge in [-0.2, -0.15) is 4.98 Å². The first kappa shape index (κ1) is 22.0. The Labute approximate surface area is 205 Å². The molecular formula is C28H20BrFN2O2. The summed E-state index contributed by atoms with van der Waals surface area (Å²) in [5.74, 6) is 0.562. The third-order valence-electron chi connectivity index (χ3n) is 5.32. The molecule has 2 heterocycles. The zero-order valence-electron chi connectivity index (χ0n) is 18.1. The van der Waals surface area contributed by atoms with Gasteiger partial charge in [0.05, 0.1) is 9.99 Å². The standard InChI is InChI=1S/C28H20BrFN2O2/c29-24-14-21-13-22(16-31-26(21)15-25(24)30)23-11-12-27(33-17-19-7-3-1-4-8-19)32-28(23)34-18-20-9-5-2-6-10-20/h1-16H,17-18H2. The molecule has 0 atom stereocenters. The molecule has 168 valence electrons. The molecule has 0 aliphatic rings. The summed E-state index contributed by atoms with van der Waals surface area (Å²) in [5, 5.41) is 0.809. The average Bonchev–Trinajstić information content (AvgIpc) is 2.88. The number of halogens is 2. The maximum Gasteiger partial charge on any atom is 0.225 e. The number of hydrogen-bond acceptors (Lipinski definition) is 4. The van der Waals surface area contributed by atoms with Crippen LogP contribution in [0, 0.1) is 5.82 Å². The van der Waals surface area contributed by atoms with E-state index >= 15 is 0 Å². The summed E-state index contributed by atoms with van der Waals surface area (Å²) in [4.78, 5) is 9.09. The van der Waals surface area contributed by atoms with E-state index in [9.17, 15) is 4.39 Å². The van der Waals surface area contributed by atoms with Gasteiger partial charge < -0.3 is 9.47 Å². The van der Waals surface area contributed by atoms with E-state index in [4.69, 9.17) is 9.47 Å². The lowest BCUT2D eigenvalue weighted by molar-refractivity contribution is 0.268. The van der Waals surface area contributed by atoms with Crippen LogP contribution < -0.4 is 9.47 Å². The van der Waals surface area contributed by atoms with E-state index < -0.39 is 0 Å². The minimum atomic E-state index is -0.346. The van der Waals surface area contributed by atoms with Crippen LogP contribution in [0.3, 0.4) is 0 Å². The van der Waals surface area contributed by atoms with Crippen molar-refractivity contribution < 1.29 is 13.9 Å². The van der Waals surface area contributed by atoms with Gasteiger partial charge in [-0.3, -0.25) is 4.98 Å². The maximum atomic E-state index is 13.9. The van der Waals surface area contributed by atoms with Crippen LogP contribution in [0.25, 0.3) is 22.0 Å². The lowest BCUT2D eigenvalue weighted by Gasteiger charge is -2.14. The fourth-order valence-corrected chi connectivity index (χ4v) is 3.92. The molecule has 0 spiro atoms. The predicted octanol–water partition coefficient (Wildman–Crippen LogP) is 7.36. The molecule has 6 heteroatoms. The topological polar surface area (TPSA) is 44.2 Å². The van der Waals surface area contributed by atoms with Crippen LogP contribution in [-0.2, 0) is 13.2 Å². The van der Waals surface area contributed by atoms with Gasteiger partial charge in [0.25, 0.3) is 0 Å². The molecule has 0 fully saturated rings. The molecular weight excluding hydrogens is 495 g/mol. The van der Waals surface area contributed by atoms with Gasteiger partial charge in [0.15, 0.2) is 0 Å². The van der Waals surface area contributed by atoms with E-state index in [1.54, 1.807) is 12.3 Å². The van der Waals surface area contributed by atoms with Crippen molar-refractivity contribution in [1.29, 1.82) is 0 Å². The van der Waals surface area contributed by atoms with Crippen molar-refractivity contribution in [3.63, 3.8) is 0 Å². The van der Waals surface area contributed by atoms with Crippen molar-refractivity contribution in [2.24, 2.45) is 0 Å². The molecule has 0 aliphatic heterocycles. The van der Waals surface area contributed by atoms with Crippen molar-refractivity contribution in [3.05, 3.63) is 119 Å². The second kappa shape index (κ2) is 10.0. The molecule has 3 aromatic carbocycles. The first-order valence-electron chi connectivity index (χ1n) is 10.8. The van der Waals surface area contributed by atoms with Gasteiger partial charge >= 0.3 is 0 Å². The van der Waals surface area contributed by atoms with Gasteiger partial charge in [0.2, 0.25) is 11.8 Å². The number of nitrogens with zero attached hydrogens (tertiary/aromatic N) is 2. The van der Waals surface area contributed by atoms with E-state index in [0.717, 1.165) is 27.6 Å². The smallest absolute Gasteiger partial charge is 0.225 e. The van der Waals surface area contributed by atoms with Gasteiger partial charge in [0.1, 0.15) is 19.0 Å². The first-order valence-corrected chi connectivity index (χ1v) is 11.5. The van der Waals surface area contributed by atoms with E-state index in [1.165, 1.54) is 6.07 Å². The van der Waals surface area contributed by atoms with Crippen LogP contribution in [-0.4, -0.2) is 9.97 Å². The average molecular weight is 515 g/mol. The third-order valence-corrected chi connectivity index (χ3v) is 5.92. The largest absolute Gasteiger partial charge is 0.473 e. The van der Waals surface area contributed by atoms with Gasteiger partial charge in [-0.25, -0.2) is 4.39 Å². The van der Waals surface area contributed by atoms with Crippen LogP contribution >= 0.6 is 15.9 Å². The molecule has 0 amide bonds. The zero-order chi connectivity index (χ0) is 23.3. The molecule has 2 aromatic heterocycles. The highest BCUT2D eigenvalue weighted by atomic mass is 79.9. The lowest BCUT2D eigenvalue weighted by atomic mass is 10.1. The summed E-state index contributed by atoms with van der Waals surface area (Å²) in [6.07, 6.45) is 1.70. The van der Waals surface area contributed by atoms with Gasteiger partial charge in [0, 0.05) is 34.8 Å². The molecule has 0 radical (unpaired) electrons. The summed E-state index contributed by atoms with van der Waals surface area (Å²) in [5.41, 5.74) is 4.25. The molecule has 0 saturated carbocycles.